The van der Waals surface area contributed by atoms with Gasteiger partial charge in [-0.3, -0.25) is 4.72 Å². The first kappa shape index (κ1) is 19.8. The van der Waals surface area contributed by atoms with Crippen molar-refractivity contribution in [1.29, 1.82) is 0 Å². The summed E-state index contributed by atoms with van der Waals surface area (Å²) in [5, 5.41) is 2.28. The van der Waals surface area contributed by atoms with Crippen LogP contribution in [0, 0.1) is 11.2 Å². The second kappa shape index (κ2) is 7.74. The Morgan fingerprint density at radius 2 is 1.93 bits per heavy atom. The van der Waals surface area contributed by atoms with Gasteiger partial charge in [0.15, 0.2) is 0 Å². The zero-order valence-electron chi connectivity index (χ0n) is 16.6. The molecule has 0 aliphatic heterocycles. The van der Waals surface area contributed by atoms with Gasteiger partial charge in [-0.05, 0) is 42.0 Å². The monoisotopic (exact) mass is 416 g/mol. The highest BCUT2D eigenvalue weighted by atomic mass is 35.5. The number of nitrogens with zero attached hydrogens (tertiary/aromatic N) is 1. The molecule has 1 aromatic heterocycles. The lowest BCUT2D eigenvalue weighted by Gasteiger charge is -2.20. The van der Waals surface area contributed by atoms with Crippen molar-refractivity contribution >= 4 is 34.5 Å². The van der Waals surface area contributed by atoms with Crippen molar-refractivity contribution < 1.29 is 4.39 Å². The number of hydrogen-bond acceptors (Lipinski definition) is 2. The molecule has 0 saturated heterocycles. The molecule has 148 valence electrons. The Morgan fingerprint density at radius 3 is 2.61 bits per heavy atom. The average molecular weight is 417 g/mol. The fourth-order valence-corrected chi connectivity index (χ4v) is 4.56. The SMILES string of the molecule is CC(C)(C)Cn1cc(CNSC2CC2)c2cc(F)c(-c3ccccc3Cl)cc21. The summed E-state index contributed by atoms with van der Waals surface area (Å²) >= 11 is 8.16. The van der Waals surface area contributed by atoms with Gasteiger partial charge in [0, 0.05) is 51.6 Å². The molecule has 0 amide bonds. The van der Waals surface area contributed by atoms with Gasteiger partial charge < -0.3 is 4.57 Å². The van der Waals surface area contributed by atoms with Crippen LogP contribution in [0.15, 0.2) is 42.6 Å². The average Bonchev–Trinajstić information content (AvgIpc) is 3.38. The van der Waals surface area contributed by atoms with E-state index < -0.39 is 0 Å². The third-order valence-electron chi connectivity index (χ3n) is 4.90. The molecule has 1 aliphatic carbocycles. The molecule has 5 heteroatoms. The lowest BCUT2D eigenvalue weighted by molar-refractivity contribution is 0.349. The third-order valence-corrected chi connectivity index (χ3v) is 6.34. The van der Waals surface area contributed by atoms with Crippen LogP contribution in [0.3, 0.4) is 0 Å². The van der Waals surface area contributed by atoms with E-state index in [1.807, 2.05) is 24.3 Å². The van der Waals surface area contributed by atoms with E-state index in [0.717, 1.165) is 40.4 Å². The molecule has 0 spiro atoms. The summed E-state index contributed by atoms with van der Waals surface area (Å²) in [6.45, 7) is 8.27. The summed E-state index contributed by atoms with van der Waals surface area (Å²) < 4.78 is 20.8. The summed E-state index contributed by atoms with van der Waals surface area (Å²) in [6.07, 6.45) is 4.75. The van der Waals surface area contributed by atoms with Crippen molar-refractivity contribution in [3.63, 3.8) is 0 Å². The van der Waals surface area contributed by atoms with Crippen LogP contribution in [-0.4, -0.2) is 9.82 Å². The number of nitrogens with one attached hydrogen (secondary N) is 1. The molecule has 4 rings (SSSR count). The van der Waals surface area contributed by atoms with Crippen molar-refractivity contribution in [2.24, 2.45) is 5.41 Å². The predicted molar refractivity (Wildman–Crippen MR) is 119 cm³/mol. The lowest BCUT2D eigenvalue weighted by Crippen LogP contribution is -2.14. The van der Waals surface area contributed by atoms with Gasteiger partial charge in [-0.15, -0.1) is 0 Å². The van der Waals surface area contributed by atoms with E-state index in [-0.39, 0.29) is 11.2 Å². The highest BCUT2D eigenvalue weighted by Crippen LogP contribution is 2.36. The standard InChI is InChI=1S/C23H26ClFN2S/c1-23(2,3)14-27-13-15(12-26-28-16-8-9-16)18-10-21(25)19(11-22(18)27)17-6-4-5-7-20(17)24/h4-7,10-11,13,16,26H,8-9,12,14H2,1-3H3. The zero-order valence-corrected chi connectivity index (χ0v) is 18.1. The molecule has 0 unspecified atom stereocenters. The molecule has 1 fully saturated rings. The molecule has 0 atom stereocenters. The number of halogens is 2. The van der Waals surface area contributed by atoms with Gasteiger partial charge in [-0.2, -0.15) is 0 Å². The van der Waals surface area contributed by atoms with Crippen molar-refractivity contribution in [2.45, 2.75) is 52.0 Å². The molecule has 28 heavy (non-hydrogen) atoms. The number of fused-ring (bicyclic) bond motifs is 1. The second-order valence-electron chi connectivity index (χ2n) is 8.81. The Kier molecular flexibility index (Phi) is 5.47. The molecular formula is C23H26ClFN2S. The van der Waals surface area contributed by atoms with E-state index >= 15 is 4.39 Å². The number of aromatic nitrogens is 1. The van der Waals surface area contributed by atoms with E-state index in [0.29, 0.717) is 10.6 Å². The van der Waals surface area contributed by atoms with Crippen LogP contribution in [0.5, 0.6) is 0 Å². The Bertz CT molecular complexity index is 1000. The van der Waals surface area contributed by atoms with E-state index in [2.05, 4.69) is 36.3 Å². The quantitative estimate of drug-likeness (QED) is 0.433. The maximum Gasteiger partial charge on any atom is 0.131 e. The van der Waals surface area contributed by atoms with Crippen molar-refractivity contribution in [3.05, 3.63) is 59.0 Å². The topological polar surface area (TPSA) is 17.0 Å². The predicted octanol–water partition coefficient (Wildman–Crippen LogP) is 7.05. The fourth-order valence-electron chi connectivity index (χ4n) is 3.48. The van der Waals surface area contributed by atoms with Crippen LogP contribution in [-0.2, 0) is 13.1 Å². The summed E-state index contributed by atoms with van der Waals surface area (Å²) in [7, 11) is 0. The van der Waals surface area contributed by atoms with Crippen LogP contribution in [0.1, 0.15) is 39.2 Å². The smallest absolute Gasteiger partial charge is 0.131 e. The largest absolute Gasteiger partial charge is 0.347 e. The Morgan fingerprint density at radius 1 is 1.18 bits per heavy atom. The van der Waals surface area contributed by atoms with Gasteiger partial charge in [0.1, 0.15) is 5.82 Å². The van der Waals surface area contributed by atoms with E-state index in [9.17, 15) is 0 Å². The maximum absolute atomic E-state index is 15.1. The minimum absolute atomic E-state index is 0.123. The Balaban J connectivity index is 1.78. The summed E-state index contributed by atoms with van der Waals surface area (Å²) in [4.78, 5) is 0. The van der Waals surface area contributed by atoms with Gasteiger partial charge in [0.25, 0.3) is 0 Å². The van der Waals surface area contributed by atoms with Gasteiger partial charge in [-0.1, -0.05) is 62.5 Å². The Labute approximate surface area is 175 Å². The molecule has 1 heterocycles. The van der Waals surface area contributed by atoms with Crippen LogP contribution in [0.4, 0.5) is 4.39 Å². The van der Waals surface area contributed by atoms with Crippen molar-refractivity contribution in [1.82, 2.24) is 9.29 Å². The molecule has 1 saturated carbocycles. The first-order valence-corrected chi connectivity index (χ1v) is 11.0. The number of hydrogen-bond donors (Lipinski definition) is 1. The molecule has 0 bridgehead atoms. The molecule has 1 aliphatic rings. The van der Waals surface area contributed by atoms with Crippen molar-refractivity contribution in [2.75, 3.05) is 0 Å². The minimum Gasteiger partial charge on any atom is -0.347 e. The summed E-state index contributed by atoms with van der Waals surface area (Å²) in [6, 6.07) is 11.1. The molecular weight excluding hydrogens is 391 g/mol. The molecule has 3 aromatic rings. The van der Waals surface area contributed by atoms with Crippen molar-refractivity contribution in [3.8, 4) is 11.1 Å². The van der Waals surface area contributed by atoms with Crippen LogP contribution >= 0.6 is 23.5 Å². The maximum atomic E-state index is 15.1. The molecule has 2 aromatic carbocycles. The van der Waals surface area contributed by atoms with E-state index in [4.69, 9.17) is 11.6 Å². The van der Waals surface area contributed by atoms with Gasteiger partial charge in [-0.25, -0.2) is 4.39 Å². The highest BCUT2D eigenvalue weighted by molar-refractivity contribution is 7.98. The molecule has 0 radical (unpaired) electrons. The van der Waals surface area contributed by atoms with E-state index in [1.165, 1.54) is 12.8 Å². The summed E-state index contributed by atoms with van der Waals surface area (Å²) in [5.74, 6) is -0.231. The lowest BCUT2D eigenvalue weighted by atomic mass is 9.96. The van der Waals surface area contributed by atoms with E-state index in [1.54, 1.807) is 24.1 Å². The van der Waals surface area contributed by atoms with Gasteiger partial charge in [0.05, 0.1) is 0 Å². The van der Waals surface area contributed by atoms with Gasteiger partial charge >= 0.3 is 0 Å². The normalized spacial score (nSPS) is 14.8. The van der Waals surface area contributed by atoms with Crippen LogP contribution < -0.4 is 4.72 Å². The second-order valence-corrected chi connectivity index (χ2v) is 10.4. The van der Waals surface area contributed by atoms with Gasteiger partial charge in [0.2, 0.25) is 0 Å². The number of benzene rings is 2. The van der Waals surface area contributed by atoms with Crippen LogP contribution in [0.25, 0.3) is 22.0 Å². The molecule has 2 nitrogen and oxygen atoms in total. The third kappa shape index (κ3) is 4.40. The Hall–Kier alpha value is -1.49. The minimum atomic E-state index is -0.231. The summed E-state index contributed by atoms with van der Waals surface area (Å²) in [5.41, 5.74) is 3.60. The van der Waals surface area contributed by atoms with Crippen LogP contribution in [0.2, 0.25) is 5.02 Å². The zero-order chi connectivity index (χ0) is 19.9. The molecule has 1 N–H and O–H groups in total. The number of rotatable bonds is 6. The first-order valence-electron chi connectivity index (χ1n) is 9.76. The first-order chi connectivity index (χ1) is 13.3. The fraction of sp³-hybridized carbons (Fsp3) is 0.391. The highest BCUT2D eigenvalue weighted by Gasteiger charge is 2.22.